The van der Waals surface area contributed by atoms with Gasteiger partial charge in [0.2, 0.25) is 17.1 Å². The molecule has 0 unspecified atom stereocenters. The fraction of sp³-hybridized carbons (Fsp3) is 0.500. The van der Waals surface area contributed by atoms with Gasteiger partial charge in [-0.25, -0.2) is 0 Å². The van der Waals surface area contributed by atoms with E-state index in [1.807, 2.05) is 18.2 Å². The molecule has 0 spiro atoms. The van der Waals surface area contributed by atoms with Crippen molar-refractivity contribution in [2.45, 2.75) is 64.5 Å². The average Bonchev–Trinajstić information content (AvgIpc) is 3.08. The molecule has 0 heterocycles. The molecule has 0 bridgehead atoms. The molecule has 1 amide bonds. The van der Waals surface area contributed by atoms with Gasteiger partial charge in [-0.1, -0.05) is 25.8 Å². The molecule has 0 radical (unpaired) electrons. The largest absolute Gasteiger partial charge is 0.493 e. The van der Waals surface area contributed by atoms with Crippen molar-refractivity contribution < 1.29 is 19.0 Å². The number of amides is 1. The fourth-order valence-electron chi connectivity index (χ4n) is 5.56. The summed E-state index contributed by atoms with van der Waals surface area (Å²) in [5.74, 6) is 2.01. The Bertz CT molecular complexity index is 1160. The van der Waals surface area contributed by atoms with E-state index in [9.17, 15) is 9.59 Å². The summed E-state index contributed by atoms with van der Waals surface area (Å²) in [5.41, 5.74) is 4.00. The Labute approximate surface area is 207 Å². The third-order valence-corrected chi connectivity index (χ3v) is 7.37. The normalized spacial score (nSPS) is 21.1. The van der Waals surface area contributed by atoms with E-state index >= 15 is 0 Å². The van der Waals surface area contributed by atoms with Crippen molar-refractivity contribution in [2.24, 2.45) is 5.92 Å². The first kappa shape index (κ1) is 24.9. The Balaban J connectivity index is 1.93. The molecule has 7 heteroatoms. The number of carbonyl (C=O) groups excluding carboxylic acids is 1. The molecule has 188 valence electrons. The molecule has 0 saturated heterocycles. The van der Waals surface area contributed by atoms with E-state index in [0.29, 0.717) is 41.7 Å². The van der Waals surface area contributed by atoms with Crippen molar-refractivity contribution in [3.8, 4) is 28.4 Å². The minimum Gasteiger partial charge on any atom is -0.493 e. The quantitative estimate of drug-likeness (QED) is 0.615. The lowest BCUT2D eigenvalue weighted by molar-refractivity contribution is -0.119. The lowest BCUT2D eigenvalue weighted by Crippen LogP contribution is -2.32. The maximum atomic E-state index is 13.5. The topological polar surface area (TPSA) is 85.9 Å². The monoisotopic (exact) mass is 480 g/mol. The molecule has 2 aromatic carbocycles. The van der Waals surface area contributed by atoms with E-state index in [2.05, 4.69) is 17.6 Å². The fourth-order valence-corrected chi connectivity index (χ4v) is 5.56. The van der Waals surface area contributed by atoms with E-state index in [1.54, 1.807) is 27.4 Å². The Morgan fingerprint density at radius 2 is 1.71 bits per heavy atom. The van der Waals surface area contributed by atoms with E-state index in [-0.39, 0.29) is 23.4 Å². The number of aryl methyl sites for hydroxylation is 1. The molecule has 2 N–H and O–H groups in total. The molecule has 0 aromatic heterocycles. The van der Waals surface area contributed by atoms with Gasteiger partial charge in [0, 0.05) is 18.5 Å². The number of benzene rings is 1. The third-order valence-electron chi connectivity index (χ3n) is 7.37. The second-order valence-corrected chi connectivity index (χ2v) is 9.61. The van der Waals surface area contributed by atoms with Crippen LogP contribution in [0.4, 0.5) is 5.69 Å². The molecule has 2 aliphatic carbocycles. The van der Waals surface area contributed by atoms with Gasteiger partial charge in [-0.15, -0.1) is 0 Å². The summed E-state index contributed by atoms with van der Waals surface area (Å²) in [4.78, 5) is 25.5. The second-order valence-electron chi connectivity index (χ2n) is 9.61. The van der Waals surface area contributed by atoms with Gasteiger partial charge < -0.3 is 24.8 Å². The predicted molar refractivity (Wildman–Crippen MR) is 138 cm³/mol. The minimum atomic E-state index is -0.307. The summed E-state index contributed by atoms with van der Waals surface area (Å²) in [6, 6.07) is 7.45. The zero-order valence-corrected chi connectivity index (χ0v) is 21.3. The summed E-state index contributed by atoms with van der Waals surface area (Å²) in [6.45, 7) is 3.75. The molecule has 2 aromatic rings. The molecular formula is C28H36N2O5. The molecule has 3 atom stereocenters. The molecule has 1 saturated carbocycles. The highest BCUT2D eigenvalue weighted by molar-refractivity contribution is 5.83. The van der Waals surface area contributed by atoms with Crippen LogP contribution in [0.25, 0.3) is 11.1 Å². The van der Waals surface area contributed by atoms with Crippen LogP contribution in [0.2, 0.25) is 0 Å². The second kappa shape index (κ2) is 10.6. The first-order valence-corrected chi connectivity index (χ1v) is 12.4. The number of hydrogen-bond donors (Lipinski definition) is 2. The molecule has 0 aliphatic heterocycles. The first-order chi connectivity index (χ1) is 16.9. The van der Waals surface area contributed by atoms with Crippen molar-refractivity contribution in [2.75, 3.05) is 26.6 Å². The Morgan fingerprint density at radius 1 is 0.971 bits per heavy atom. The number of nitrogens with one attached hydrogen (secondary N) is 2. The van der Waals surface area contributed by atoms with Gasteiger partial charge in [-0.3, -0.25) is 9.59 Å². The number of anilines is 1. The first-order valence-electron chi connectivity index (χ1n) is 12.4. The van der Waals surface area contributed by atoms with Gasteiger partial charge in [0.15, 0.2) is 11.5 Å². The molecule has 7 nitrogen and oxygen atoms in total. The van der Waals surface area contributed by atoms with Crippen molar-refractivity contribution >= 4 is 11.6 Å². The standard InChI is InChI=1S/C28H36N2O5/c1-16-8-6-7-9-21(16)30-23-13-11-19-20(15-24(23)32)22(29-17(2)31)12-10-18-14-25(33-3)27(34-4)28(35-5)26(18)19/h11,13-16,21-22H,6-10,12H2,1-5H3,(H,29,31)(H,30,32)/t16-,21-,22-/m0/s1. The lowest BCUT2D eigenvalue weighted by Gasteiger charge is -2.29. The van der Waals surface area contributed by atoms with Crippen LogP contribution in [0, 0.1) is 5.92 Å². The van der Waals surface area contributed by atoms with Crippen LogP contribution in [-0.2, 0) is 11.2 Å². The number of carbonyl (C=O) groups is 1. The van der Waals surface area contributed by atoms with Crippen LogP contribution in [0.15, 0.2) is 29.1 Å². The van der Waals surface area contributed by atoms with Gasteiger partial charge in [0.25, 0.3) is 0 Å². The van der Waals surface area contributed by atoms with Crippen LogP contribution in [-0.4, -0.2) is 33.3 Å². The zero-order valence-electron chi connectivity index (χ0n) is 21.3. The highest BCUT2D eigenvalue weighted by atomic mass is 16.5. The zero-order chi connectivity index (χ0) is 25.1. The van der Waals surface area contributed by atoms with Gasteiger partial charge in [0.05, 0.1) is 33.1 Å². The number of ether oxygens (including phenoxy) is 3. The van der Waals surface area contributed by atoms with Gasteiger partial charge in [-0.2, -0.15) is 0 Å². The van der Waals surface area contributed by atoms with Gasteiger partial charge >= 0.3 is 0 Å². The summed E-state index contributed by atoms with van der Waals surface area (Å²) >= 11 is 0. The van der Waals surface area contributed by atoms with E-state index in [4.69, 9.17) is 14.2 Å². The van der Waals surface area contributed by atoms with Gasteiger partial charge in [-0.05, 0) is 66.5 Å². The maximum Gasteiger partial charge on any atom is 0.217 e. The van der Waals surface area contributed by atoms with Gasteiger partial charge in [0.1, 0.15) is 0 Å². The molecule has 1 fully saturated rings. The van der Waals surface area contributed by atoms with Crippen LogP contribution in [0.5, 0.6) is 17.2 Å². The van der Waals surface area contributed by atoms with Crippen LogP contribution in [0.3, 0.4) is 0 Å². The van der Waals surface area contributed by atoms with Crippen molar-refractivity contribution in [3.63, 3.8) is 0 Å². The minimum absolute atomic E-state index is 0.0812. The number of fused-ring (bicyclic) bond motifs is 3. The Hall–Kier alpha value is -3.22. The van der Waals surface area contributed by atoms with E-state index in [1.165, 1.54) is 19.8 Å². The average molecular weight is 481 g/mol. The van der Waals surface area contributed by atoms with Crippen LogP contribution >= 0.6 is 0 Å². The Kier molecular flexibility index (Phi) is 7.53. The highest BCUT2D eigenvalue weighted by Crippen LogP contribution is 2.50. The smallest absolute Gasteiger partial charge is 0.217 e. The lowest BCUT2D eigenvalue weighted by atomic mass is 9.86. The number of rotatable bonds is 6. The summed E-state index contributed by atoms with van der Waals surface area (Å²) in [7, 11) is 4.79. The predicted octanol–water partition coefficient (Wildman–Crippen LogP) is 4.85. The number of hydrogen-bond acceptors (Lipinski definition) is 6. The van der Waals surface area contributed by atoms with Crippen molar-refractivity contribution in [1.29, 1.82) is 0 Å². The van der Waals surface area contributed by atoms with Crippen LogP contribution < -0.4 is 30.3 Å². The Morgan fingerprint density at radius 3 is 2.37 bits per heavy atom. The SMILES string of the molecule is COc1cc2c(c(OC)c1OC)-c1ccc(N[C@H]3CCCC[C@@H]3C)c(=O)cc1[C@@H](NC(C)=O)CC2. The van der Waals surface area contributed by atoms with Crippen LogP contribution in [0.1, 0.15) is 63.1 Å². The van der Waals surface area contributed by atoms with Crippen molar-refractivity contribution in [1.82, 2.24) is 5.32 Å². The maximum absolute atomic E-state index is 13.5. The highest BCUT2D eigenvalue weighted by Gasteiger charge is 2.30. The summed E-state index contributed by atoms with van der Waals surface area (Å²) in [6.07, 6.45) is 5.95. The van der Waals surface area contributed by atoms with E-state index in [0.717, 1.165) is 35.1 Å². The molecule has 4 rings (SSSR count). The number of methoxy groups -OCH3 is 3. The summed E-state index contributed by atoms with van der Waals surface area (Å²) < 4.78 is 17.1. The molecule has 35 heavy (non-hydrogen) atoms. The third kappa shape index (κ3) is 4.95. The summed E-state index contributed by atoms with van der Waals surface area (Å²) in [5, 5.41) is 6.59. The van der Waals surface area contributed by atoms with Crippen molar-refractivity contribution in [3.05, 3.63) is 45.6 Å². The van der Waals surface area contributed by atoms with E-state index < -0.39 is 0 Å². The molecular weight excluding hydrogens is 444 g/mol. The molecule has 2 aliphatic rings.